The second-order valence-electron chi connectivity index (χ2n) is 24.4. The molecule has 0 aromatic rings. The number of aliphatic hydroxyl groups is 4. The van der Waals surface area contributed by atoms with E-state index in [0.29, 0.717) is 74.0 Å². The van der Waals surface area contributed by atoms with Gasteiger partial charge in [-0.1, -0.05) is 41.5 Å². The van der Waals surface area contributed by atoms with Crippen molar-refractivity contribution in [2.75, 3.05) is 14.2 Å². The number of fused-ring (bicyclic) bond motifs is 10. The normalized spacial score (nSPS) is 46.5. The van der Waals surface area contributed by atoms with Gasteiger partial charge in [-0.3, -0.25) is 18.7 Å². The number of hydrogen-bond donors (Lipinski definition) is 8. The maximum absolute atomic E-state index is 12.0. The minimum Gasteiger partial charge on any atom is -0.469 e. The van der Waals surface area contributed by atoms with Gasteiger partial charge in [-0.15, -0.1) is 0 Å². The minimum absolute atomic E-state index is 0.0182. The summed E-state index contributed by atoms with van der Waals surface area (Å²) in [4.78, 5) is 23.4. The van der Waals surface area contributed by atoms with Gasteiger partial charge in [0.15, 0.2) is 0 Å². The Balaban J connectivity index is 0.000000208. The molecule has 22 atom stereocenters. The topological polar surface area (TPSA) is 280 Å². The molecule has 8 rings (SSSR count). The third-order valence-electron chi connectivity index (χ3n) is 21.5. The number of nitrogens with two attached hydrogens (primary N) is 1. The van der Waals surface area contributed by atoms with Crippen molar-refractivity contribution < 1.29 is 65.4 Å². The molecule has 19 heteroatoms. The molecule has 0 aromatic heterocycles. The number of halogens is 1. The molecule has 9 N–H and O–H groups in total. The van der Waals surface area contributed by atoms with Crippen molar-refractivity contribution in [1.82, 2.24) is 4.72 Å². The van der Waals surface area contributed by atoms with Crippen LogP contribution in [0.4, 0.5) is 0 Å². The second kappa shape index (κ2) is 21.6. The summed E-state index contributed by atoms with van der Waals surface area (Å²) < 4.78 is 71.1. The van der Waals surface area contributed by atoms with Gasteiger partial charge in [0.25, 0.3) is 0 Å². The number of hydrogen-bond acceptors (Lipinski definition) is 13. The zero-order chi connectivity index (χ0) is 51.4. The van der Waals surface area contributed by atoms with Crippen LogP contribution in [0.15, 0.2) is 0 Å². The van der Waals surface area contributed by atoms with Crippen molar-refractivity contribution in [1.29, 1.82) is 0 Å². The first-order chi connectivity index (χ1) is 31.9. The van der Waals surface area contributed by atoms with Crippen LogP contribution in [0.2, 0.25) is 0 Å². The minimum atomic E-state index is -4.38. The SMILES string of the molecule is COC(=O)CC[C@@H](C)[C@H]1CC[C@H]2[C@@H]3[C@H](N)C[C@@H]4C[C@H](O)CC[C@]4(C)[C@H]3C[C@H](O)[C@]12C.COC(=O)CC[C@@H](C)[C@H]1CC[C@H]2[C@@H]3[C@H](NS(=O)(=O)O)C[C@@H]4C[C@H](O)CC[C@]4(C)[C@H]3C[C@H](O)[C@]12C.O=S(=O)(O)Cl. The van der Waals surface area contributed by atoms with E-state index in [1.54, 1.807) is 0 Å². The van der Waals surface area contributed by atoms with Crippen molar-refractivity contribution in [3.8, 4) is 0 Å². The molecule has 8 aliphatic carbocycles. The van der Waals surface area contributed by atoms with Crippen LogP contribution in [0.5, 0.6) is 0 Å². The fraction of sp³-hybridized carbons (Fsp3) is 0.960. The lowest BCUT2D eigenvalue weighted by atomic mass is 9.42. The summed E-state index contributed by atoms with van der Waals surface area (Å²) in [6, 6.07) is -0.247. The summed E-state index contributed by atoms with van der Waals surface area (Å²) in [7, 11) is -1.67. The molecule has 0 spiro atoms. The molecule has 0 radical (unpaired) electrons. The van der Waals surface area contributed by atoms with Crippen molar-refractivity contribution in [2.24, 2.45) is 98.4 Å². The first-order valence-electron chi connectivity index (χ1n) is 26.0. The highest BCUT2D eigenvalue weighted by Crippen LogP contribution is 2.70. The Hall–Kier alpha value is -1.19. The average molecular weight is 1040 g/mol. The number of methoxy groups -OCH3 is 2. The molecule has 0 bridgehead atoms. The van der Waals surface area contributed by atoms with E-state index in [1.807, 2.05) is 0 Å². The summed E-state index contributed by atoms with van der Waals surface area (Å²) in [5, 5.41) is 43.9. The first-order valence-corrected chi connectivity index (χ1v) is 29.7. The molecule has 16 nitrogen and oxygen atoms in total. The number of ether oxygens (including phenoxy) is 2. The summed E-state index contributed by atoms with van der Waals surface area (Å²) in [6.07, 6.45) is 13.1. The predicted octanol–water partition coefficient (Wildman–Crippen LogP) is 6.47. The zero-order valence-corrected chi connectivity index (χ0v) is 44.7. The van der Waals surface area contributed by atoms with Crippen LogP contribution in [0.1, 0.15) is 157 Å². The Morgan fingerprint density at radius 3 is 1.43 bits per heavy atom. The highest BCUT2D eigenvalue weighted by Gasteiger charge is 2.67. The van der Waals surface area contributed by atoms with Crippen LogP contribution in [0.25, 0.3) is 0 Å². The summed E-state index contributed by atoms with van der Waals surface area (Å²) in [6.45, 7) is 13.6. The Kier molecular flexibility index (Phi) is 17.9. The standard InChI is InChI=1S/C25H43NO7S.C25H43NO4.ClHO3S/c1-14(5-8-22(29)33-4)17-6-7-18-23-19(13-21(28)25(17,18)3)24(2)10-9-16(27)11-15(24)12-20(23)26-34(30,31)32;1-14(5-8-22(29)30-4)17-6-7-18-23-19(13-21(28)25(17,18)3)24(2)10-9-16(27)11-15(24)12-20(23)26;1-5(2,3)4/h14-21,23,26-28H,5-13H2,1-4H3,(H,30,31,32);14-21,23,27-28H,5-13,26H2,1-4H3;(H,2,3,4)/t2*14-,15+,16-,17-,18+,19+,20-,21+,23+,24+,25-;/m11./s1. The average Bonchev–Trinajstić information content (AvgIpc) is 3.81. The van der Waals surface area contributed by atoms with Crippen LogP contribution < -0.4 is 10.5 Å². The van der Waals surface area contributed by atoms with E-state index in [4.69, 9.17) is 28.2 Å². The van der Waals surface area contributed by atoms with Gasteiger partial charge in [0.05, 0.1) is 38.6 Å². The molecule has 8 fully saturated rings. The van der Waals surface area contributed by atoms with Crippen molar-refractivity contribution in [3.63, 3.8) is 0 Å². The molecule has 0 amide bonds. The van der Waals surface area contributed by atoms with E-state index in [2.05, 4.69) is 56.9 Å². The fourth-order valence-electron chi connectivity index (χ4n) is 18.0. The van der Waals surface area contributed by atoms with E-state index >= 15 is 0 Å². The van der Waals surface area contributed by atoms with Crippen LogP contribution >= 0.6 is 10.7 Å². The molecule has 8 saturated carbocycles. The van der Waals surface area contributed by atoms with E-state index in [9.17, 15) is 43.0 Å². The van der Waals surface area contributed by atoms with Crippen LogP contribution in [0, 0.1) is 92.7 Å². The predicted molar refractivity (Wildman–Crippen MR) is 261 cm³/mol. The Morgan fingerprint density at radius 1 is 0.638 bits per heavy atom. The molecule has 8 aliphatic rings. The van der Waals surface area contributed by atoms with Crippen molar-refractivity contribution >= 4 is 42.3 Å². The fourth-order valence-corrected chi connectivity index (χ4v) is 18.7. The number of carbonyl (C=O) groups excluding carboxylic acids is 2. The highest BCUT2D eigenvalue weighted by atomic mass is 35.7. The van der Waals surface area contributed by atoms with Gasteiger partial charge < -0.3 is 35.6 Å². The smallest absolute Gasteiger partial charge is 0.353 e. The van der Waals surface area contributed by atoms with Crippen LogP contribution in [-0.4, -0.2) is 109 Å². The number of aliphatic hydroxyl groups excluding tert-OH is 4. The molecular weight excluding hydrogens is 952 g/mol. The lowest BCUT2D eigenvalue weighted by Gasteiger charge is -2.64. The first kappa shape index (κ1) is 57.1. The summed E-state index contributed by atoms with van der Waals surface area (Å²) >= 11 is 0. The largest absolute Gasteiger partial charge is 0.469 e. The number of carbonyl (C=O) groups is 2. The lowest BCUT2D eigenvalue weighted by Crippen LogP contribution is -2.65. The van der Waals surface area contributed by atoms with Crippen molar-refractivity contribution in [3.05, 3.63) is 0 Å². The third-order valence-corrected chi connectivity index (χ3v) is 22.1. The van der Waals surface area contributed by atoms with Gasteiger partial charge in [0.2, 0.25) is 0 Å². The molecule has 400 valence electrons. The number of nitrogens with one attached hydrogen (secondary N) is 1. The maximum Gasteiger partial charge on any atom is 0.353 e. The highest BCUT2D eigenvalue weighted by molar-refractivity contribution is 8.09. The van der Waals surface area contributed by atoms with E-state index in [0.717, 1.165) is 77.0 Å². The number of rotatable bonds is 10. The quantitative estimate of drug-likeness (QED) is 0.0662. The molecule has 0 aromatic carbocycles. The van der Waals surface area contributed by atoms with Crippen molar-refractivity contribution in [2.45, 2.75) is 194 Å². The van der Waals surface area contributed by atoms with E-state index < -0.39 is 31.8 Å². The lowest BCUT2D eigenvalue weighted by molar-refractivity contribution is -0.182. The molecule has 0 heterocycles. The van der Waals surface area contributed by atoms with Gasteiger partial charge in [-0.2, -0.15) is 21.6 Å². The monoisotopic (exact) mass is 1040 g/mol. The van der Waals surface area contributed by atoms with Crippen LogP contribution in [-0.2, 0) is 38.7 Å². The third kappa shape index (κ3) is 11.6. The Labute approximate surface area is 416 Å². The van der Waals surface area contributed by atoms with Gasteiger partial charge in [-0.05, 0) is 195 Å². The van der Waals surface area contributed by atoms with Gasteiger partial charge in [0.1, 0.15) is 0 Å². The second-order valence-corrected chi connectivity index (χ2v) is 27.6. The Bertz CT molecular complexity index is 2030. The molecular formula is C50H87ClN2O14S2. The van der Waals surface area contributed by atoms with E-state index in [1.165, 1.54) is 14.2 Å². The van der Waals surface area contributed by atoms with Gasteiger partial charge in [0, 0.05) is 35.6 Å². The van der Waals surface area contributed by atoms with E-state index in [-0.39, 0.29) is 93.5 Å². The molecule has 69 heavy (non-hydrogen) atoms. The summed E-state index contributed by atoms with van der Waals surface area (Å²) in [5.41, 5.74) is 6.49. The number of esters is 2. The van der Waals surface area contributed by atoms with Gasteiger partial charge in [-0.25, -0.2) is 0 Å². The summed E-state index contributed by atoms with van der Waals surface area (Å²) in [5.74, 6) is 3.16. The molecule has 0 saturated heterocycles. The zero-order valence-electron chi connectivity index (χ0n) is 42.3. The molecule has 0 unspecified atom stereocenters. The maximum atomic E-state index is 12.0. The van der Waals surface area contributed by atoms with Gasteiger partial charge >= 0.3 is 31.6 Å². The molecule has 0 aliphatic heterocycles. The van der Waals surface area contributed by atoms with Crippen LogP contribution in [0.3, 0.4) is 0 Å². The Morgan fingerprint density at radius 2 is 1.03 bits per heavy atom.